The molecule has 11 heteroatoms. The molecule has 0 saturated carbocycles. The van der Waals surface area contributed by atoms with Gasteiger partial charge in [0.2, 0.25) is 11.8 Å². The van der Waals surface area contributed by atoms with Gasteiger partial charge in [-0.3, -0.25) is 9.59 Å². The third-order valence-electron chi connectivity index (χ3n) is 2.64. The van der Waals surface area contributed by atoms with E-state index in [1.165, 1.54) is 6.20 Å². The zero-order valence-corrected chi connectivity index (χ0v) is 13.9. The maximum atomic E-state index is 10.5. The predicted molar refractivity (Wildman–Crippen MR) is 89.1 cm³/mol. The fourth-order valence-electron chi connectivity index (χ4n) is 1.60. The van der Waals surface area contributed by atoms with E-state index in [0.717, 1.165) is 19.4 Å². The minimum Gasteiger partial charge on any atom is -0.687 e. The van der Waals surface area contributed by atoms with Gasteiger partial charge in [-0.05, 0) is 6.42 Å². The number of piperidine rings is 1. The Balaban J connectivity index is -0.0000000771. The number of primary amides is 2. The van der Waals surface area contributed by atoms with Crippen LogP contribution >= 0.6 is 0 Å². The molecular weight excluding hydrogens is 355 g/mol. The average Bonchev–Trinajstić information content (AvgIpc) is 2.41. The maximum absolute atomic E-state index is 10.5. The first kappa shape index (κ1) is 33.2. The van der Waals surface area contributed by atoms with Crippen LogP contribution in [0.4, 0.5) is 0 Å². The Bertz CT molecular complexity index is 373. The van der Waals surface area contributed by atoms with E-state index in [1.807, 2.05) is 0 Å². The number of carbonyl (C=O) groups excluding carboxylic acids is 2. The first-order valence-corrected chi connectivity index (χ1v) is 5.87. The van der Waals surface area contributed by atoms with Crippen molar-refractivity contribution in [2.75, 3.05) is 19.6 Å². The molecule has 2 rings (SSSR count). The molecule has 2 heterocycles. The quantitative estimate of drug-likeness (QED) is 0.468. The van der Waals surface area contributed by atoms with Crippen molar-refractivity contribution >= 4 is 11.8 Å². The maximum Gasteiger partial charge on any atom is 2.00 e. The van der Waals surface area contributed by atoms with Crippen molar-refractivity contribution in [2.45, 2.75) is 12.8 Å². The molecule has 1 saturated heterocycles. The van der Waals surface area contributed by atoms with Crippen molar-refractivity contribution < 1.29 is 48.3 Å². The fourth-order valence-corrected chi connectivity index (χ4v) is 1.60. The van der Waals surface area contributed by atoms with E-state index >= 15 is 0 Å². The van der Waals surface area contributed by atoms with E-state index in [0.29, 0.717) is 18.7 Å². The van der Waals surface area contributed by atoms with Crippen molar-refractivity contribution in [1.29, 1.82) is 0 Å². The molecule has 2 aliphatic heterocycles. The largest absolute Gasteiger partial charge is 2.00 e. The summed E-state index contributed by atoms with van der Waals surface area (Å²) in [7, 11) is 0. The second-order valence-electron chi connectivity index (χ2n) is 4.09. The number of rotatable bonds is 2. The van der Waals surface area contributed by atoms with Crippen LogP contribution in [0, 0.1) is 5.92 Å². The first-order valence-electron chi connectivity index (χ1n) is 5.87. The summed E-state index contributed by atoms with van der Waals surface area (Å²) in [4.78, 5) is 20.9. The van der Waals surface area contributed by atoms with Gasteiger partial charge in [0, 0.05) is 11.5 Å². The van der Waals surface area contributed by atoms with Gasteiger partial charge in [-0.15, -0.1) is 25.7 Å². The Morgan fingerprint density at radius 2 is 1.74 bits per heavy atom. The van der Waals surface area contributed by atoms with Gasteiger partial charge in [-0.25, -0.2) is 0 Å². The molecule has 0 aliphatic carbocycles. The molecule has 0 bridgehead atoms. The van der Waals surface area contributed by atoms with E-state index in [1.54, 1.807) is 12.2 Å². The molecule has 1 atom stereocenters. The Morgan fingerprint density at radius 3 is 2.00 bits per heavy atom. The predicted octanol–water partition coefficient (Wildman–Crippen LogP) is -3.14. The number of carbonyl (C=O) groups is 2. The molecule has 0 aromatic carbocycles. The molecule has 0 aromatic rings. The summed E-state index contributed by atoms with van der Waals surface area (Å²) in [6.07, 6.45) is 6.91. The van der Waals surface area contributed by atoms with Crippen molar-refractivity contribution in [3.05, 3.63) is 34.6 Å². The van der Waals surface area contributed by atoms with Crippen molar-refractivity contribution in [2.24, 2.45) is 17.4 Å². The van der Waals surface area contributed by atoms with Crippen LogP contribution in [0.2, 0.25) is 0 Å². The van der Waals surface area contributed by atoms with Crippen LogP contribution in [0.15, 0.2) is 23.9 Å². The zero-order chi connectivity index (χ0) is 13.4. The van der Waals surface area contributed by atoms with E-state index in [2.05, 4.69) is 10.6 Å². The summed E-state index contributed by atoms with van der Waals surface area (Å²) >= 11 is 0. The summed E-state index contributed by atoms with van der Waals surface area (Å²) in [5, 5.41) is 7.91. The number of nitrogens with two attached hydrogens (primary N) is 2. The van der Waals surface area contributed by atoms with Gasteiger partial charge in [0.1, 0.15) is 0 Å². The van der Waals surface area contributed by atoms with Crippen LogP contribution < -0.4 is 11.5 Å². The second-order valence-corrected chi connectivity index (χ2v) is 4.09. The average molecular weight is 385 g/mol. The van der Waals surface area contributed by atoms with Crippen LogP contribution in [0.1, 0.15) is 12.8 Å². The molecule has 10 nitrogen and oxygen atoms in total. The molecule has 2 aliphatic rings. The summed E-state index contributed by atoms with van der Waals surface area (Å²) in [5.41, 5.74) is 10.5. The summed E-state index contributed by atoms with van der Waals surface area (Å²) < 4.78 is 0. The molecule has 1 fully saturated rings. The molecule has 2 amide bonds. The Kier molecular flexibility index (Phi) is 26.8. The molecule has 1 radical (unpaired) electrons. The van der Waals surface area contributed by atoms with Gasteiger partial charge >= 0.3 is 16.8 Å². The third-order valence-corrected chi connectivity index (χ3v) is 2.64. The molecule has 0 aromatic heterocycles. The van der Waals surface area contributed by atoms with Gasteiger partial charge in [-0.2, -0.15) is 6.20 Å². The number of amides is 2. The minimum absolute atomic E-state index is 0. The van der Waals surface area contributed by atoms with Gasteiger partial charge in [0.25, 0.3) is 0 Å². The van der Waals surface area contributed by atoms with Gasteiger partial charge in [-0.1, -0.05) is 12.5 Å². The summed E-state index contributed by atoms with van der Waals surface area (Å²) in [5.74, 6) is -0.591. The molecule has 1 unspecified atom stereocenters. The van der Waals surface area contributed by atoms with Gasteiger partial charge in [0.15, 0.2) is 0 Å². The van der Waals surface area contributed by atoms with E-state index in [-0.39, 0.29) is 50.5 Å². The standard InChI is InChI=1S/C6H11N2O.C6H8N2O.Co.4H2O/c2*7-6(9)5-2-1-3-8-4-5;;;;;/h5H,1-4H2,(H2,7,9);1-2,4H,3H2,(H3,7,8,9);;4*1H2/q-1;;+2;;;;/p+3. The smallest absolute Gasteiger partial charge is 0.687 e. The zero-order valence-electron chi connectivity index (χ0n) is 12.9. The van der Waals surface area contributed by atoms with Crippen molar-refractivity contribution in [3.8, 4) is 0 Å². The number of nitrogens with zero attached hydrogens (tertiary/aromatic N) is 2. The molecule has 139 valence electrons. The SMILES string of the molecule is NC(=O)C1=C[N-]CC=C1.NC(=O)C1CCC[N-]C1.[Co+2].[OH3+].[OH3+].[OH3+].[OH3+]. The normalized spacial score (nSPS) is 17.2. The Labute approximate surface area is 145 Å². The van der Waals surface area contributed by atoms with Crippen molar-refractivity contribution in [3.63, 3.8) is 0 Å². The Morgan fingerprint density at radius 1 is 1.13 bits per heavy atom. The summed E-state index contributed by atoms with van der Waals surface area (Å²) in [6.45, 7) is 2.20. The molecule has 23 heavy (non-hydrogen) atoms. The molecule has 16 N–H and O–H groups in total. The van der Waals surface area contributed by atoms with Crippen molar-refractivity contribution in [1.82, 2.24) is 0 Å². The van der Waals surface area contributed by atoms with Crippen LogP contribution in [-0.4, -0.2) is 31.4 Å². The van der Waals surface area contributed by atoms with Crippen LogP contribution in [-0.2, 0) is 48.3 Å². The molecule has 0 spiro atoms. The van der Waals surface area contributed by atoms with Crippen LogP contribution in [0.3, 0.4) is 0 Å². The minimum atomic E-state index is -0.422. The third kappa shape index (κ3) is 13.9. The molecular formula is C12H30CoN4O6+4. The van der Waals surface area contributed by atoms with Gasteiger partial charge < -0.3 is 44.0 Å². The first-order chi connectivity index (χ1) is 8.61. The van der Waals surface area contributed by atoms with Crippen LogP contribution in [0.5, 0.6) is 0 Å². The van der Waals surface area contributed by atoms with E-state index in [4.69, 9.17) is 11.5 Å². The number of hydrogen-bond donors (Lipinski definition) is 2. The fraction of sp³-hybridized carbons (Fsp3) is 0.500. The summed E-state index contributed by atoms with van der Waals surface area (Å²) in [6, 6.07) is 0. The van der Waals surface area contributed by atoms with E-state index in [9.17, 15) is 9.59 Å². The van der Waals surface area contributed by atoms with Crippen LogP contribution in [0.25, 0.3) is 10.6 Å². The Hall–Kier alpha value is -1.47. The monoisotopic (exact) mass is 385 g/mol. The van der Waals surface area contributed by atoms with Gasteiger partial charge in [0.05, 0.1) is 0 Å². The second kappa shape index (κ2) is 18.6. The van der Waals surface area contributed by atoms with E-state index < -0.39 is 5.91 Å². The number of hydrogen-bond acceptors (Lipinski definition) is 2. The topological polar surface area (TPSA) is 246 Å².